The van der Waals surface area contributed by atoms with Crippen molar-refractivity contribution < 1.29 is 0 Å². The Morgan fingerprint density at radius 2 is 1.26 bits per heavy atom. The smallest absolute Gasteiger partial charge is 0.0253 e. The van der Waals surface area contributed by atoms with E-state index in [1.807, 2.05) is 0 Å². The molecule has 0 bridgehead atoms. The first-order valence-electron chi connectivity index (χ1n) is 7.96. The van der Waals surface area contributed by atoms with Crippen molar-refractivity contribution in [2.75, 3.05) is 0 Å². The van der Waals surface area contributed by atoms with Crippen LogP contribution in [0.1, 0.15) is 24.0 Å². The zero-order chi connectivity index (χ0) is 15.6. The quantitative estimate of drug-likeness (QED) is 0.486. The summed E-state index contributed by atoms with van der Waals surface area (Å²) in [5, 5.41) is 0. The Balaban J connectivity index is 1.94. The van der Waals surface area contributed by atoms with Crippen LogP contribution < -0.4 is 0 Å². The van der Waals surface area contributed by atoms with E-state index < -0.39 is 0 Å². The Morgan fingerprint density at radius 1 is 0.652 bits per heavy atom. The van der Waals surface area contributed by atoms with Crippen molar-refractivity contribution in [3.05, 3.63) is 100 Å². The topological polar surface area (TPSA) is 0 Å². The number of rotatable bonds is 3. The molecule has 0 atom stereocenters. The molecule has 0 amide bonds. The minimum absolute atomic E-state index is 1.14. The minimum atomic E-state index is 1.14. The summed E-state index contributed by atoms with van der Waals surface area (Å²) >= 11 is 3.71. The fourth-order valence-corrected chi connectivity index (χ4v) is 3.58. The highest BCUT2D eigenvalue weighted by Crippen LogP contribution is 2.43. The summed E-state index contributed by atoms with van der Waals surface area (Å²) in [6.07, 6.45) is 2.43. The molecular formula is C22H17Br. The maximum atomic E-state index is 3.71. The predicted molar refractivity (Wildman–Crippen MR) is 101 cm³/mol. The standard InChI is InChI=1S/C22H17Br/c23-21-13-7-6-11-19(21)18-10-4-5-12-20(18)22(17-14-15-17)16-8-2-1-3-9-16/h1-13H,14-15H2. The van der Waals surface area contributed by atoms with Crippen LogP contribution in [-0.4, -0.2) is 0 Å². The first-order valence-corrected chi connectivity index (χ1v) is 8.75. The van der Waals surface area contributed by atoms with E-state index in [9.17, 15) is 0 Å². The van der Waals surface area contributed by atoms with Gasteiger partial charge in [0.25, 0.3) is 0 Å². The molecule has 0 radical (unpaired) electrons. The van der Waals surface area contributed by atoms with Crippen molar-refractivity contribution in [1.82, 2.24) is 0 Å². The van der Waals surface area contributed by atoms with E-state index in [0.717, 1.165) is 4.47 Å². The fraction of sp³-hybridized carbons (Fsp3) is 0.0909. The molecule has 0 spiro atoms. The molecular weight excluding hydrogens is 344 g/mol. The van der Waals surface area contributed by atoms with Crippen molar-refractivity contribution in [2.24, 2.45) is 0 Å². The Bertz CT molecular complexity index is 869. The van der Waals surface area contributed by atoms with Crippen molar-refractivity contribution >= 4 is 21.5 Å². The lowest BCUT2D eigenvalue weighted by Crippen LogP contribution is -1.93. The van der Waals surface area contributed by atoms with Gasteiger partial charge in [-0.2, -0.15) is 0 Å². The van der Waals surface area contributed by atoms with Gasteiger partial charge in [-0.1, -0.05) is 94.3 Å². The van der Waals surface area contributed by atoms with Crippen molar-refractivity contribution in [2.45, 2.75) is 12.8 Å². The summed E-state index contributed by atoms with van der Waals surface area (Å²) in [5.74, 6) is 0. The van der Waals surface area contributed by atoms with Crippen LogP contribution in [0.2, 0.25) is 0 Å². The van der Waals surface area contributed by atoms with E-state index in [2.05, 4.69) is 94.8 Å². The van der Waals surface area contributed by atoms with Crippen LogP contribution >= 0.6 is 15.9 Å². The van der Waals surface area contributed by atoms with Crippen LogP contribution in [0, 0.1) is 0 Å². The largest absolute Gasteiger partial charge is 0.0622 e. The summed E-state index contributed by atoms with van der Waals surface area (Å²) in [4.78, 5) is 0. The number of halogens is 1. The molecule has 3 aromatic carbocycles. The van der Waals surface area contributed by atoms with Gasteiger partial charge in [0.15, 0.2) is 0 Å². The molecule has 4 rings (SSSR count). The van der Waals surface area contributed by atoms with Crippen LogP contribution in [0.5, 0.6) is 0 Å². The molecule has 0 nitrogen and oxygen atoms in total. The molecule has 3 aromatic rings. The molecule has 23 heavy (non-hydrogen) atoms. The lowest BCUT2D eigenvalue weighted by Gasteiger charge is -2.15. The van der Waals surface area contributed by atoms with Gasteiger partial charge < -0.3 is 0 Å². The lowest BCUT2D eigenvalue weighted by atomic mass is 9.90. The average molecular weight is 361 g/mol. The maximum Gasteiger partial charge on any atom is 0.0253 e. The fourth-order valence-electron chi connectivity index (χ4n) is 3.08. The van der Waals surface area contributed by atoms with Gasteiger partial charge in [-0.25, -0.2) is 0 Å². The van der Waals surface area contributed by atoms with Crippen LogP contribution in [0.25, 0.3) is 16.7 Å². The van der Waals surface area contributed by atoms with E-state index >= 15 is 0 Å². The normalized spacial score (nSPS) is 13.0. The molecule has 0 saturated heterocycles. The lowest BCUT2D eigenvalue weighted by molar-refractivity contribution is 1.50. The second kappa shape index (κ2) is 6.17. The third kappa shape index (κ3) is 2.89. The van der Waals surface area contributed by atoms with E-state index in [1.54, 1.807) is 5.57 Å². The third-order valence-corrected chi connectivity index (χ3v) is 4.97. The van der Waals surface area contributed by atoms with E-state index in [1.165, 1.54) is 40.7 Å². The van der Waals surface area contributed by atoms with Crippen LogP contribution in [0.4, 0.5) is 0 Å². The van der Waals surface area contributed by atoms with Crippen LogP contribution in [0.3, 0.4) is 0 Å². The molecule has 1 aliphatic rings. The summed E-state index contributed by atoms with van der Waals surface area (Å²) in [6.45, 7) is 0. The highest BCUT2D eigenvalue weighted by molar-refractivity contribution is 9.10. The number of hydrogen-bond donors (Lipinski definition) is 0. The first kappa shape index (κ1) is 14.5. The molecule has 112 valence electrons. The molecule has 1 saturated carbocycles. The molecule has 1 heteroatoms. The summed E-state index contributed by atoms with van der Waals surface area (Å²) < 4.78 is 1.14. The van der Waals surface area contributed by atoms with E-state index in [0.29, 0.717) is 0 Å². The average Bonchev–Trinajstić information content (AvgIpc) is 3.42. The molecule has 0 heterocycles. The van der Waals surface area contributed by atoms with Gasteiger partial charge in [-0.3, -0.25) is 0 Å². The van der Waals surface area contributed by atoms with E-state index in [4.69, 9.17) is 0 Å². The molecule has 1 aliphatic carbocycles. The summed E-state index contributed by atoms with van der Waals surface area (Å²) in [6, 6.07) is 28.0. The SMILES string of the molecule is Brc1ccccc1-c1ccccc1C(=C1CC1)c1ccccc1. The van der Waals surface area contributed by atoms with Gasteiger partial charge in [0.2, 0.25) is 0 Å². The molecule has 0 aliphatic heterocycles. The number of hydrogen-bond acceptors (Lipinski definition) is 0. The summed E-state index contributed by atoms with van der Waals surface area (Å²) in [7, 11) is 0. The van der Waals surface area contributed by atoms with Gasteiger partial charge >= 0.3 is 0 Å². The van der Waals surface area contributed by atoms with Crippen molar-refractivity contribution in [3.8, 4) is 11.1 Å². The zero-order valence-electron chi connectivity index (χ0n) is 12.8. The number of benzene rings is 3. The monoisotopic (exact) mass is 360 g/mol. The predicted octanol–water partition coefficient (Wildman–Crippen LogP) is 6.71. The minimum Gasteiger partial charge on any atom is -0.0622 e. The highest BCUT2D eigenvalue weighted by Gasteiger charge is 2.22. The Kier molecular flexibility index (Phi) is 3.88. The van der Waals surface area contributed by atoms with Gasteiger partial charge in [0, 0.05) is 4.47 Å². The molecule has 0 unspecified atom stereocenters. The first-order chi connectivity index (χ1) is 11.3. The summed E-state index contributed by atoms with van der Waals surface area (Å²) in [5.41, 5.74) is 8.17. The zero-order valence-corrected chi connectivity index (χ0v) is 14.4. The maximum absolute atomic E-state index is 3.71. The molecule has 1 fully saturated rings. The van der Waals surface area contributed by atoms with Gasteiger partial charge in [0.05, 0.1) is 0 Å². The van der Waals surface area contributed by atoms with Crippen molar-refractivity contribution in [1.29, 1.82) is 0 Å². The number of allylic oxidation sites excluding steroid dienone is 1. The molecule has 0 aromatic heterocycles. The van der Waals surface area contributed by atoms with Gasteiger partial charge in [0.1, 0.15) is 0 Å². The highest BCUT2D eigenvalue weighted by atomic mass is 79.9. The third-order valence-electron chi connectivity index (χ3n) is 4.28. The van der Waals surface area contributed by atoms with Crippen molar-refractivity contribution in [3.63, 3.8) is 0 Å². The van der Waals surface area contributed by atoms with Gasteiger partial charge in [-0.05, 0) is 46.7 Å². The van der Waals surface area contributed by atoms with E-state index in [-0.39, 0.29) is 0 Å². The second-order valence-electron chi connectivity index (χ2n) is 5.87. The molecule has 0 N–H and O–H groups in total. The Hall–Kier alpha value is -2.12. The van der Waals surface area contributed by atoms with Crippen LogP contribution in [0.15, 0.2) is 88.9 Å². The van der Waals surface area contributed by atoms with Gasteiger partial charge in [-0.15, -0.1) is 0 Å². The van der Waals surface area contributed by atoms with Crippen LogP contribution in [-0.2, 0) is 0 Å². The Morgan fingerprint density at radius 3 is 1.96 bits per heavy atom. The Labute approximate surface area is 145 Å². The second-order valence-corrected chi connectivity index (χ2v) is 6.72.